The van der Waals surface area contributed by atoms with E-state index in [0.717, 1.165) is 19.5 Å². The van der Waals surface area contributed by atoms with E-state index in [1.807, 2.05) is 6.92 Å². The number of methoxy groups -OCH3 is 1. The molecule has 2 unspecified atom stereocenters. The molecular formula is C16H24Cl2N2O3. The lowest BCUT2D eigenvalue weighted by Crippen LogP contribution is -2.50. The molecule has 0 bridgehead atoms. The van der Waals surface area contributed by atoms with Crippen LogP contribution in [0.2, 0.25) is 5.02 Å². The first-order chi connectivity index (χ1) is 10.6. The van der Waals surface area contributed by atoms with Crippen molar-refractivity contribution >= 4 is 29.9 Å². The molecule has 1 amide bonds. The Morgan fingerprint density at radius 2 is 2.22 bits per heavy atom. The van der Waals surface area contributed by atoms with Crippen LogP contribution in [0.4, 0.5) is 0 Å². The van der Waals surface area contributed by atoms with E-state index in [1.165, 1.54) is 7.11 Å². The maximum absolute atomic E-state index is 12.5. The van der Waals surface area contributed by atoms with Crippen molar-refractivity contribution in [3.05, 3.63) is 22.7 Å². The quantitative estimate of drug-likeness (QED) is 0.845. The second-order valence-electron chi connectivity index (χ2n) is 5.47. The zero-order valence-electron chi connectivity index (χ0n) is 13.6. The van der Waals surface area contributed by atoms with Crippen LogP contribution in [0.5, 0.6) is 11.5 Å². The van der Waals surface area contributed by atoms with Gasteiger partial charge in [-0.05, 0) is 37.9 Å². The Kier molecular flexibility index (Phi) is 7.95. The Labute approximate surface area is 148 Å². The minimum absolute atomic E-state index is 0. The van der Waals surface area contributed by atoms with Gasteiger partial charge in [-0.3, -0.25) is 4.79 Å². The number of hydrogen-bond acceptors (Lipinski definition) is 4. The largest absolute Gasteiger partial charge is 0.493 e. The molecule has 5 nitrogen and oxygen atoms in total. The third-order valence-corrected chi connectivity index (χ3v) is 4.21. The van der Waals surface area contributed by atoms with Crippen LogP contribution >= 0.6 is 24.0 Å². The number of carbonyl (C=O) groups is 1. The molecule has 0 aliphatic carbocycles. The summed E-state index contributed by atoms with van der Waals surface area (Å²) in [6.45, 7) is 6.28. The SMILES string of the molecule is CCOc1c(Cl)cc(C(=O)NC2CNCCC2C)cc1OC.Cl. The Balaban J connectivity index is 0.00000264. The normalized spacial score (nSPS) is 20.3. The number of amides is 1. The first kappa shape index (κ1) is 19.9. The lowest BCUT2D eigenvalue weighted by molar-refractivity contribution is 0.0915. The third kappa shape index (κ3) is 4.90. The van der Waals surface area contributed by atoms with Crippen LogP contribution in [0.25, 0.3) is 0 Å². The highest BCUT2D eigenvalue weighted by Gasteiger charge is 2.24. The standard InChI is InChI=1S/C16H23ClN2O3.ClH/c1-4-22-15-12(17)7-11(8-14(15)21-3)16(20)19-13-9-18-6-5-10(13)2;/h7-8,10,13,18H,4-6,9H2,1-3H3,(H,19,20);1H. The molecule has 0 aromatic heterocycles. The molecule has 2 atom stereocenters. The monoisotopic (exact) mass is 362 g/mol. The van der Waals surface area contributed by atoms with Crippen molar-refractivity contribution in [2.45, 2.75) is 26.3 Å². The highest BCUT2D eigenvalue weighted by Crippen LogP contribution is 2.36. The van der Waals surface area contributed by atoms with Gasteiger partial charge in [0, 0.05) is 18.2 Å². The summed E-state index contributed by atoms with van der Waals surface area (Å²) in [7, 11) is 1.53. The molecule has 1 aliphatic heterocycles. The maximum Gasteiger partial charge on any atom is 0.251 e. The summed E-state index contributed by atoms with van der Waals surface area (Å²) < 4.78 is 10.7. The molecule has 0 spiro atoms. The minimum Gasteiger partial charge on any atom is -0.493 e. The molecule has 23 heavy (non-hydrogen) atoms. The zero-order chi connectivity index (χ0) is 16.1. The van der Waals surface area contributed by atoms with Crippen LogP contribution in [-0.2, 0) is 0 Å². The molecule has 1 heterocycles. The highest BCUT2D eigenvalue weighted by atomic mass is 35.5. The lowest BCUT2D eigenvalue weighted by atomic mass is 9.94. The van der Waals surface area contributed by atoms with Gasteiger partial charge >= 0.3 is 0 Å². The average Bonchev–Trinajstić information content (AvgIpc) is 2.51. The Bertz CT molecular complexity index is 540. The van der Waals surface area contributed by atoms with E-state index in [1.54, 1.807) is 12.1 Å². The first-order valence-electron chi connectivity index (χ1n) is 7.58. The van der Waals surface area contributed by atoms with E-state index in [9.17, 15) is 4.79 Å². The fourth-order valence-electron chi connectivity index (χ4n) is 2.57. The predicted octanol–water partition coefficient (Wildman–Crippen LogP) is 2.90. The summed E-state index contributed by atoms with van der Waals surface area (Å²) in [4.78, 5) is 12.5. The fraction of sp³-hybridized carbons (Fsp3) is 0.562. The van der Waals surface area contributed by atoms with Crippen LogP contribution in [0.3, 0.4) is 0 Å². The summed E-state index contributed by atoms with van der Waals surface area (Å²) in [6.07, 6.45) is 1.05. The molecule has 0 radical (unpaired) electrons. The molecule has 2 N–H and O–H groups in total. The van der Waals surface area contributed by atoms with Crippen LogP contribution in [0.1, 0.15) is 30.6 Å². The molecule has 130 valence electrons. The number of piperidine rings is 1. The lowest BCUT2D eigenvalue weighted by Gasteiger charge is -2.30. The van der Waals surface area contributed by atoms with Crippen molar-refractivity contribution in [3.8, 4) is 11.5 Å². The van der Waals surface area contributed by atoms with Gasteiger partial charge in [0.15, 0.2) is 11.5 Å². The van der Waals surface area contributed by atoms with Gasteiger partial charge in [-0.15, -0.1) is 12.4 Å². The van der Waals surface area contributed by atoms with Gasteiger partial charge in [0.2, 0.25) is 0 Å². The van der Waals surface area contributed by atoms with E-state index >= 15 is 0 Å². The van der Waals surface area contributed by atoms with Crippen LogP contribution in [-0.4, -0.2) is 38.8 Å². The molecule has 1 aromatic carbocycles. The summed E-state index contributed by atoms with van der Waals surface area (Å²) in [5.74, 6) is 1.24. The second-order valence-corrected chi connectivity index (χ2v) is 5.88. The van der Waals surface area contributed by atoms with E-state index < -0.39 is 0 Å². The van der Waals surface area contributed by atoms with E-state index in [0.29, 0.717) is 34.6 Å². The molecule has 1 saturated heterocycles. The average molecular weight is 363 g/mol. The van der Waals surface area contributed by atoms with Crippen LogP contribution in [0, 0.1) is 5.92 Å². The number of ether oxygens (including phenoxy) is 2. The second kappa shape index (κ2) is 9.21. The first-order valence-corrected chi connectivity index (χ1v) is 7.96. The Morgan fingerprint density at radius 3 is 2.83 bits per heavy atom. The van der Waals surface area contributed by atoms with Gasteiger partial charge in [-0.25, -0.2) is 0 Å². The van der Waals surface area contributed by atoms with Crippen molar-refractivity contribution in [2.24, 2.45) is 5.92 Å². The number of benzene rings is 1. The van der Waals surface area contributed by atoms with Crippen molar-refractivity contribution in [1.29, 1.82) is 0 Å². The van der Waals surface area contributed by atoms with Crippen molar-refractivity contribution in [2.75, 3.05) is 26.8 Å². The van der Waals surface area contributed by atoms with Crippen LogP contribution < -0.4 is 20.1 Å². The third-order valence-electron chi connectivity index (χ3n) is 3.92. The molecule has 7 heteroatoms. The van der Waals surface area contributed by atoms with Gasteiger partial charge < -0.3 is 20.1 Å². The summed E-state index contributed by atoms with van der Waals surface area (Å²) in [6, 6.07) is 3.40. The molecule has 2 rings (SSSR count). The number of rotatable bonds is 5. The Morgan fingerprint density at radius 1 is 1.48 bits per heavy atom. The van der Waals surface area contributed by atoms with Crippen LogP contribution in [0.15, 0.2) is 12.1 Å². The zero-order valence-corrected chi connectivity index (χ0v) is 15.2. The van der Waals surface area contributed by atoms with E-state index in [2.05, 4.69) is 17.6 Å². The topological polar surface area (TPSA) is 59.6 Å². The van der Waals surface area contributed by atoms with Gasteiger partial charge in [-0.2, -0.15) is 0 Å². The molecular weight excluding hydrogens is 339 g/mol. The van der Waals surface area contributed by atoms with Gasteiger partial charge in [0.1, 0.15) is 0 Å². The smallest absolute Gasteiger partial charge is 0.251 e. The molecule has 1 aliphatic rings. The van der Waals surface area contributed by atoms with Gasteiger partial charge in [0.05, 0.1) is 18.7 Å². The summed E-state index contributed by atoms with van der Waals surface area (Å²) in [5.41, 5.74) is 0.475. The van der Waals surface area contributed by atoms with Crippen molar-refractivity contribution in [3.63, 3.8) is 0 Å². The van der Waals surface area contributed by atoms with Gasteiger partial charge in [0.25, 0.3) is 5.91 Å². The number of nitrogens with one attached hydrogen (secondary N) is 2. The number of halogens is 2. The predicted molar refractivity (Wildman–Crippen MR) is 94.3 cm³/mol. The van der Waals surface area contributed by atoms with Crippen molar-refractivity contribution in [1.82, 2.24) is 10.6 Å². The minimum atomic E-state index is -0.149. The number of carbonyl (C=O) groups excluding carboxylic acids is 1. The molecule has 0 saturated carbocycles. The summed E-state index contributed by atoms with van der Waals surface area (Å²) in [5, 5.41) is 6.73. The maximum atomic E-state index is 12.5. The summed E-state index contributed by atoms with van der Waals surface area (Å²) >= 11 is 6.21. The number of hydrogen-bond donors (Lipinski definition) is 2. The van der Waals surface area contributed by atoms with E-state index in [-0.39, 0.29) is 24.4 Å². The highest BCUT2D eigenvalue weighted by molar-refractivity contribution is 6.32. The van der Waals surface area contributed by atoms with E-state index in [4.69, 9.17) is 21.1 Å². The van der Waals surface area contributed by atoms with Crippen molar-refractivity contribution < 1.29 is 14.3 Å². The Hall–Kier alpha value is -1.17. The fourth-order valence-corrected chi connectivity index (χ4v) is 2.84. The molecule has 1 fully saturated rings. The molecule has 1 aromatic rings. The van der Waals surface area contributed by atoms with Gasteiger partial charge in [-0.1, -0.05) is 18.5 Å².